The zero-order valence-corrected chi connectivity index (χ0v) is 24.0. The van der Waals surface area contributed by atoms with Crippen LogP contribution in [0.3, 0.4) is 0 Å². The third-order valence-corrected chi connectivity index (χ3v) is 10.4. The highest BCUT2D eigenvalue weighted by Crippen LogP contribution is 2.55. The molecule has 2 heterocycles. The minimum atomic E-state index is 0.0117. The summed E-state index contributed by atoms with van der Waals surface area (Å²) in [6.07, 6.45) is 6.11. The molecule has 0 spiro atoms. The number of hydrogen-bond acceptors (Lipinski definition) is 1. The molecule has 1 aliphatic heterocycles. The van der Waals surface area contributed by atoms with Crippen molar-refractivity contribution in [2.45, 2.75) is 57.4 Å². The Morgan fingerprint density at radius 1 is 0.850 bits per heavy atom. The molecule has 2 heteroatoms. The zero-order valence-electron chi connectivity index (χ0n) is 24.0. The lowest BCUT2D eigenvalue weighted by atomic mass is 9.82. The van der Waals surface area contributed by atoms with E-state index in [1.807, 2.05) is 0 Å². The first-order valence-corrected chi connectivity index (χ1v) is 14.7. The predicted molar refractivity (Wildman–Crippen MR) is 169 cm³/mol. The monoisotopic (exact) mass is 520 g/mol. The minimum Gasteiger partial charge on any atom is -0.347 e. The number of allylic oxidation sites excluding steroid dienone is 3. The fraction of sp³-hybridized carbons (Fsp3) is 0.263. The lowest BCUT2D eigenvalue weighted by Gasteiger charge is -2.29. The molecule has 198 valence electrons. The van der Waals surface area contributed by atoms with Gasteiger partial charge in [-0.1, -0.05) is 69.8 Å². The first-order chi connectivity index (χ1) is 19.3. The molecule has 2 atom stereocenters. The molecule has 2 unspecified atom stereocenters. The van der Waals surface area contributed by atoms with Gasteiger partial charge in [0, 0.05) is 47.1 Å². The highest BCUT2D eigenvalue weighted by atomic mass is 15.2. The van der Waals surface area contributed by atoms with Crippen molar-refractivity contribution in [3.8, 4) is 11.1 Å². The van der Waals surface area contributed by atoms with Gasteiger partial charge in [0.1, 0.15) is 0 Å². The Kier molecular flexibility index (Phi) is 4.77. The molecule has 4 aromatic rings. The Morgan fingerprint density at radius 2 is 1.65 bits per heavy atom. The highest BCUT2D eigenvalue weighted by molar-refractivity contribution is 6.09. The van der Waals surface area contributed by atoms with Crippen LogP contribution < -0.4 is 4.90 Å². The van der Waals surface area contributed by atoms with Crippen LogP contribution in [0.2, 0.25) is 0 Å². The molecular weight excluding hydrogens is 484 g/mol. The fourth-order valence-corrected chi connectivity index (χ4v) is 8.26. The molecule has 2 nitrogen and oxygen atoms in total. The number of rotatable bonds is 2. The summed E-state index contributed by atoms with van der Waals surface area (Å²) >= 11 is 0. The van der Waals surface area contributed by atoms with Crippen molar-refractivity contribution in [3.05, 3.63) is 125 Å². The van der Waals surface area contributed by atoms with Crippen LogP contribution in [0.1, 0.15) is 78.2 Å². The average Bonchev–Trinajstić information content (AvgIpc) is 3.71. The van der Waals surface area contributed by atoms with Crippen molar-refractivity contribution in [1.82, 2.24) is 4.57 Å². The van der Waals surface area contributed by atoms with Crippen molar-refractivity contribution >= 4 is 28.6 Å². The Labute approximate surface area is 238 Å². The fourth-order valence-electron chi connectivity index (χ4n) is 8.26. The second-order valence-corrected chi connectivity index (χ2v) is 12.8. The van der Waals surface area contributed by atoms with Crippen molar-refractivity contribution < 1.29 is 0 Å². The number of nitrogens with zero attached hydrogens (tertiary/aromatic N) is 2. The van der Waals surface area contributed by atoms with Crippen LogP contribution in [0.25, 0.3) is 28.3 Å². The van der Waals surface area contributed by atoms with Gasteiger partial charge in [0.15, 0.2) is 0 Å². The smallest absolute Gasteiger partial charge is 0.0559 e. The number of benzene rings is 3. The van der Waals surface area contributed by atoms with Crippen LogP contribution in [0, 0.1) is 6.92 Å². The molecule has 0 bridgehead atoms. The van der Waals surface area contributed by atoms with Crippen molar-refractivity contribution in [2.24, 2.45) is 7.05 Å². The Bertz CT molecular complexity index is 1820. The van der Waals surface area contributed by atoms with E-state index >= 15 is 0 Å². The lowest BCUT2D eigenvalue weighted by molar-refractivity contribution is 0.638. The van der Waals surface area contributed by atoms with Gasteiger partial charge in [-0.3, -0.25) is 0 Å². The standard InChI is InChI=1S/C38H36N2/c1-22-18-31-23(2)30(24(3)37(31)39(22)6)19-25-14-17-36-32(20-25)29-11-9-13-35(29)40(36)26-15-16-28-27-10-7-8-12-33(27)38(4,5)34(28)21-26/h7-8,10,12,14-21,29,35H,2-3,9,11,13H2,1,4-6H3. The largest absolute Gasteiger partial charge is 0.347 e. The van der Waals surface area contributed by atoms with E-state index in [9.17, 15) is 0 Å². The molecule has 0 amide bonds. The molecule has 0 radical (unpaired) electrons. The van der Waals surface area contributed by atoms with E-state index < -0.39 is 0 Å². The topological polar surface area (TPSA) is 8.17 Å². The van der Waals surface area contributed by atoms with Crippen LogP contribution in [0.4, 0.5) is 11.4 Å². The summed E-state index contributed by atoms with van der Waals surface area (Å²) < 4.78 is 2.24. The van der Waals surface area contributed by atoms with Crippen molar-refractivity contribution in [3.63, 3.8) is 0 Å². The number of anilines is 2. The molecule has 8 rings (SSSR count). The van der Waals surface area contributed by atoms with Gasteiger partial charge in [-0.05, 0) is 106 Å². The van der Waals surface area contributed by atoms with Gasteiger partial charge < -0.3 is 9.47 Å². The average molecular weight is 521 g/mol. The molecule has 3 aliphatic carbocycles. The van der Waals surface area contributed by atoms with Gasteiger partial charge >= 0.3 is 0 Å². The molecule has 1 aromatic heterocycles. The highest BCUT2D eigenvalue weighted by Gasteiger charge is 2.43. The van der Waals surface area contributed by atoms with Crippen LogP contribution >= 0.6 is 0 Å². The van der Waals surface area contributed by atoms with E-state index in [4.69, 9.17) is 0 Å². The SMILES string of the molecule is C=C1C(=Cc2ccc3c(c2)C2CCCC2N3c2ccc3c(c2)C(C)(C)c2ccccc2-3)C(=C)c2c1cc(C)n2C. The van der Waals surface area contributed by atoms with Crippen molar-refractivity contribution in [1.29, 1.82) is 0 Å². The van der Waals surface area contributed by atoms with Crippen LogP contribution in [-0.2, 0) is 12.5 Å². The van der Waals surface area contributed by atoms with Gasteiger partial charge in [0.25, 0.3) is 0 Å². The normalized spacial score (nSPS) is 22.5. The summed E-state index contributed by atoms with van der Waals surface area (Å²) in [5, 5.41) is 0. The molecule has 0 N–H and O–H groups in total. The quantitative estimate of drug-likeness (QED) is 0.255. The first-order valence-electron chi connectivity index (χ1n) is 14.7. The molecular formula is C38H36N2. The van der Waals surface area contributed by atoms with E-state index in [0.29, 0.717) is 12.0 Å². The summed E-state index contributed by atoms with van der Waals surface area (Å²) in [7, 11) is 2.12. The Morgan fingerprint density at radius 3 is 2.48 bits per heavy atom. The summed E-state index contributed by atoms with van der Waals surface area (Å²) in [5.74, 6) is 0.585. The summed E-state index contributed by atoms with van der Waals surface area (Å²) in [4.78, 5) is 2.66. The number of hydrogen-bond donors (Lipinski definition) is 0. The van der Waals surface area contributed by atoms with Crippen LogP contribution in [-0.4, -0.2) is 10.6 Å². The van der Waals surface area contributed by atoms with Crippen LogP contribution in [0.15, 0.2) is 85.5 Å². The molecule has 3 aromatic carbocycles. The summed E-state index contributed by atoms with van der Waals surface area (Å²) in [6, 6.07) is 26.0. The summed E-state index contributed by atoms with van der Waals surface area (Å²) in [6.45, 7) is 15.8. The maximum Gasteiger partial charge on any atom is 0.0559 e. The first kappa shape index (κ1) is 23.8. The maximum absolute atomic E-state index is 4.47. The maximum atomic E-state index is 4.47. The Balaban J connectivity index is 1.19. The lowest BCUT2D eigenvalue weighted by Crippen LogP contribution is -2.27. The van der Waals surface area contributed by atoms with Gasteiger partial charge in [0.05, 0.1) is 5.69 Å². The van der Waals surface area contributed by atoms with Crippen molar-refractivity contribution in [2.75, 3.05) is 4.90 Å². The minimum absolute atomic E-state index is 0.0117. The molecule has 4 aliphatic rings. The molecule has 1 fully saturated rings. The van der Waals surface area contributed by atoms with Gasteiger partial charge in [-0.2, -0.15) is 0 Å². The van der Waals surface area contributed by atoms with E-state index in [1.54, 1.807) is 0 Å². The third-order valence-electron chi connectivity index (χ3n) is 10.4. The number of aromatic nitrogens is 1. The molecule has 1 saturated carbocycles. The zero-order chi connectivity index (χ0) is 27.5. The van der Waals surface area contributed by atoms with E-state index in [1.165, 1.54) is 86.5 Å². The van der Waals surface area contributed by atoms with Gasteiger partial charge in [-0.25, -0.2) is 0 Å². The number of fused-ring (bicyclic) bond motifs is 7. The Hall–Kier alpha value is -4.04. The number of aryl methyl sites for hydroxylation is 1. The van der Waals surface area contributed by atoms with Gasteiger partial charge in [-0.15, -0.1) is 0 Å². The predicted octanol–water partition coefficient (Wildman–Crippen LogP) is 9.55. The van der Waals surface area contributed by atoms with E-state index in [0.717, 1.165) is 11.1 Å². The van der Waals surface area contributed by atoms with Crippen LogP contribution in [0.5, 0.6) is 0 Å². The second kappa shape index (κ2) is 8.01. The van der Waals surface area contributed by atoms with E-state index in [-0.39, 0.29) is 5.41 Å². The summed E-state index contributed by atoms with van der Waals surface area (Å²) in [5.41, 5.74) is 18.2. The molecule has 0 saturated heterocycles. The van der Waals surface area contributed by atoms with E-state index in [2.05, 4.69) is 123 Å². The second-order valence-electron chi connectivity index (χ2n) is 12.8. The van der Waals surface area contributed by atoms with Gasteiger partial charge in [0.2, 0.25) is 0 Å². The third kappa shape index (κ3) is 3.00. The molecule has 40 heavy (non-hydrogen) atoms.